The van der Waals surface area contributed by atoms with Crippen molar-refractivity contribution in [3.63, 3.8) is 0 Å². The summed E-state index contributed by atoms with van der Waals surface area (Å²) in [5, 5.41) is 53.6. The van der Waals surface area contributed by atoms with Crippen molar-refractivity contribution >= 4 is 23.9 Å². The number of para-hydroxylation sites is 2. The van der Waals surface area contributed by atoms with Crippen molar-refractivity contribution < 1.29 is 69.3 Å². The van der Waals surface area contributed by atoms with E-state index in [1.807, 2.05) is 0 Å². The topological polar surface area (TPSA) is 195 Å². The van der Waals surface area contributed by atoms with E-state index in [0.29, 0.717) is 0 Å². The predicted molar refractivity (Wildman–Crippen MR) is 110 cm³/mol. The quantitative estimate of drug-likeness (QED) is 0.336. The first-order chi connectivity index (χ1) is 14.7. The van der Waals surface area contributed by atoms with Gasteiger partial charge in [0.25, 0.3) is 0 Å². The van der Waals surface area contributed by atoms with Gasteiger partial charge in [-0.25, -0.2) is 9.59 Å². The Morgan fingerprint density at radius 3 is 1.00 bits per heavy atom. The van der Waals surface area contributed by atoms with Crippen molar-refractivity contribution in [2.24, 2.45) is 0 Å². The predicted octanol–water partition coefficient (Wildman–Crippen LogP) is 0.803. The molecule has 0 saturated carbocycles. The molecule has 0 fully saturated rings. The van der Waals surface area contributed by atoms with E-state index in [2.05, 4.69) is 13.2 Å². The molecule has 0 unspecified atom stereocenters. The molecule has 172 valence electrons. The Labute approximate surface area is 202 Å². The molecule has 10 nitrogen and oxygen atoms in total. The number of carboxylic acid groups (broad SMARTS) is 4. The molecule has 0 aliphatic carbocycles. The average molecular weight is 512 g/mol. The van der Waals surface area contributed by atoms with Crippen molar-refractivity contribution in [2.75, 3.05) is 0 Å². The molecule has 0 amide bonds. The number of rotatable bonds is 4. The van der Waals surface area contributed by atoms with Gasteiger partial charge in [-0.05, 0) is 49.3 Å². The summed E-state index contributed by atoms with van der Waals surface area (Å²) in [5.41, 5.74) is -0.00463. The minimum atomic E-state index is -1.19. The van der Waals surface area contributed by atoms with Crippen LogP contribution in [-0.4, -0.2) is 44.3 Å². The number of carbonyl (C=O) groups is 4. The molecular formula is C22H22O10Zn. The van der Waals surface area contributed by atoms with Crippen molar-refractivity contribution in [3.05, 3.63) is 84.0 Å². The van der Waals surface area contributed by atoms with Gasteiger partial charge in [-0.2, -0.15) is 0 Å². The maximum atomic E-state index is 10.3. The first-order valence-electron chi connectivity index (χ1n) is 8.48. The van der Waals surface area contributed by atoms with Crippen LogP contribution < -0.4 is 10.2 Å². The largest absolute Gasteiger partial charge is 2.00 e. The third-order valence-corrected chi connectivity index (χ3v) is 2.97. The molecule has 0 bridgehead atoms. The van der Waals surface area contributed by atoms with Crippen LogP contribution in [-0.2, 0) is 29.1 Å². The SMILES string of the molecule is C=C(C)C(=O)[O-].C=C(C)C(=O)[O-].O=C(O)c1ccccc1O.O=C(O)c1ccccc1O.[Zn+2]. The smallest absolute Gasteiger partial charge is 0.545 e. The van der Waals surface area contributed by atoms with E-state index in [9.17, 15) is 29.4 Å². The second kappa shape index (κ2) is 17.7. The summed E-state index contributed by atoms with van der Waals surface area (Å²) in [6.07, 6.45) is 0. The first kappa shape index (κ1) is 33.7. The number of aromatic hydroxyl groups is 2. The van der Waals surface area contributed by atoms with E-state index in [1.165, 1.54) is 38.1 Å². The van der Waals surface area contributed by atoms with Gasteiger partial charge >= 0.3 is 31.4 Å². The fourth-order valence-corrected chi connectivity index (χ4v) is 1.31. The molecule has 2 aromatic rings. The van der Waals surface area contributed by atoms with E-state index in [1.54, 1.807) is 24.3 Å². The zero-order valence-corrected chi connectivity index (χ0v) is 20.9. The third kappa shape index (κ3) is 16.4. The van der Waals surface area contributed by atoms with E-state index < -0.39 is 23.9 Å². The van der Waals surface area contributed by atoms with Crippen molar-refractivity contribution in [2.45, 2.75) is 13.8 Å². The van der Waals surface area contributed by atoms with Crippen LogP contribution in [0.2, 0.25) is 0 Å². The van der Waals surface area contributed by atoms with Gasteiger partial charge < -0.3 is 40.2 Å². The molecule has 0 aliphatic rings. The molecular weight excluding hydrogens is 490 g/mol. The molecule has 0 spiro atoms. The van der Waals surface area contributed by atoms with Crippen LogP contribution >= 0.6 is 0 Å². The monoisotopic (exact) mass is 510 g/mol. The second-order valence-electron chi connectivity index (χ2n) is 5.78. The van der Waals surface area contributed by atoms with Crippen LogP contribution in [0.15, 0.2) is 72.8 Å². The first-order valence-corrected chi connectivity index (χ1v) is 8.48. The van der Waals surface area contributed by atoms with Crippen LogP contribution in [0.5, 0.6) is 11.5 Å². The van der Waals surface area contributed by atoms with E-state index in [0.717, 1.165) is 0 Å². The Hall–Kier alpha value is -3.98. The van der Waals surface area contributed by atoms with Crippen LogP contribution in [0.4, 0.5) is 0 Å². The Kier molecular flexibility index (Phi) is 18.0. The summed E-state index contributed by atoms with van der Waals surface area (Å²) in [4.78, 5) is 39.5. The van der Waals surface area contributed by atoms with E-state index in [4.69, 9.17) is 20.4 Å². The van der Waals surface area contributed by atoms with E-state index >= 15 is 0 Å². The van der Waals surface area contributed by atoms with Gasteiger partial charge in [0, 0.05) is 0 Å². The van der Waals surface area contributed by atoms with Crippen LogP contribution in [0, 0.1) is 0 Å². The normalized spacial score (nSPS) is 8.30. The minimum absolute atomic E-state index is 0. The van der Waals surface area contributed by atoms with Crippen LogP contribution in [0.1, 0.15) is 34.6 Å². The van der Waals surface area contributed by atoms with Crippen molar-refractivity contribution in [1.29, 1.82) is 0 Å². The maximum Gasteiger partial charge on any atom is 2.00 e. The fourth-order valence-electron chi connectivity index (χ4n) is 1.31. The zero-order valence-electron chi connectivity index (χ0n) is 18.0. The standard InChI is InChI=1S/2C7H6O3.2C4H6O2.Zn/c2*8-6-4-2-1-3-5(6)7(9)10;2*1-3(2)4(5)6;/h2*1-4,8H,(H,9,10);2*1H2,2H3,(H,5,6);/q;;;;+2/p-2. The van der Waals surface area contributed by atoms with Gasteiger partial charge in [0.1, 0.15) is 22.6 Å². The van der Waals surface area contributed by atoms with Gasteiger partial charge in [-0.15, -0.1) is 0 Å². The van der Waals surface area contributed by atoms with Gasteiger partial charge in [-0.1, -0.05) is 37.4 Å². The number of benzene rings is 2. The zero-order chi connectivity index (χ0) is 25.4. The number of aliphatic carboxylic acids is 2. The maximum absolute atomic E-state index is 10.3. The molecule has 0 heterocycles. The number of hydrogen-bond acceptors (Lipinski definition) is 8. The molecule has 0 atom stereocenters. The summed E-state index contributed by atoms with van der Waals surface area (Å²) in [5.74, 6) is -4.99. The summed E-state index contributed by atoms with van der Waals surface area (Å²) in [6, 6.07) is 11.6. The summed E-state index contributed by atoms with van der Waals surface area (Å²) in [7, 11) is 0. The number of carbonyl (C=O) groups excluding carboxylic acids is 2. The van der Waals surface area contributed by atoms with Crippen LogP contribution in [0.25, 0.3) is 0 Å². The molecule has 33 heavy (non-hydrogen) atoms. The molecule has 4 N–H and O–H groups in total. The third-order valence-electron chi connectivity index (χ3n) is 2.97. The number of hydrogen-bond donors (Lipinski definition) is 4. The molecule has 0 saturated heterocycles. The summed E-state index contributed by atoms with van der Waals surface area (Å²) < 4.78 is 0. The molecule has 0 aliphatic heterocycles. The van der Waals surface area contributed by atoms with Crippen molar-refractivity contribution in [3.8, 4) is 11.5 Å². The van der Waals surface area contributed by atoms with Gasteiger partial charge in [0.05, 0.1) is 11.9 Å². The molecule has 11 heteroatoms. The summed E-state index contributed by atoms with van der Waals surface area (Å²) in [6.45, 7) is 8.95. The van der Waals surface area contributed by atoms with Gasteiger partial charge in [0.15, 0.2) is 0 Å². The van der Waals surface area contributed by atoms with Gasteiger partial charge in [0.2, 0.25) is 0 Å². The molecule has 2 rings (SSSR count). The minimum Gasteiger partial charge on any atom is -0.545 e. The number of phenols is 2. The van der Waals surface area contributed by atoms with Crippen LogP contribution in [0.3, 0.4) is 0 Å². The molecule has 0 aromatic heterocycles. The fraction of sp³-hybridized carbons (Fsp3) is 0.0909. The molecule has 0 radical (unpaired) electrons. The van der Waals surface area contributed by atoms with Gasteiger partial charge in [-0.3, -0.25) is 0 Å². The number of carboxylic acids is 4. The molecule has 2 aromatic carbocycles. The summed E-state index contributed by atoms with van der Waals surface area (Å²) >= 11 is 0. The Morgan fingerprint density at radius 2 is 0.879 bits per heavy atom. The van der Waals surface area contributed by atoms with Crippen molar-refractivity contribution in [1.82, 2.24) is 0 Å². The Balaban J connectivity index is -0.000000372. The Morgan fingerprint density at radius 1 is 0.667 bits per heavy atom. The van der Waals surface area contributed by atoms with E-state index in [-0.39, 0.29) is 53.3 Å². The average Bonchev–Trinajstić information content (AvgIpc) is 2.69. The number of aromatic carboxylic acids is 2. The second-order valence-corrected chi connectivity index (χ2v) is 5.78. The Bertz CT molecular complexity index is 879.